The first kappa shape index (κ1) is 8.81. The van der Waals surface area contributed by atoms with E-state index in [1.165, 1.54) is 10.9 Å². The lowest BCUT2D eigenvalue weighted by atomic mass is 10.1. The van der Waals surface area contributed by atoms with Gasteiger partial charge in [-0.2, -0.15) is 0 Å². The Morgan fingerprint density at radius 2 is 2.21 bits per heavy atom. The second kappa shape index (κ2) is 3.96. The van der Waals surface area contributed by atoms with Gasteiger partial charge in [-0.25, -0.2) is 0 Å². The summed E-state index contributed by atoms with van der Waals surface area (Å²) < 4.78 is 4.66. The summed E-state index contributed by atoms with van der Waals surface area (Å²) in [7, 11) is 0. The molecule has 0 aliphatic carbocycles. The minimum absolute atomic E-state index is 0.436. The minimum Gasteiger partial charge on any atom is -0.468 e. The van der Waals surface area contributed by atoms with Crippen LogP contribution < -0.4 is 0 Å². The molecule has 14 heavy (non-hydrogen) atoms. The Hall–Kier alpha value is -1.77. The van der Waals surface area contributed by atoms with Crippen molar-refractivity contribution in [2.75, 3.05) is 6.61 Å². The number of H-pyrrole nitrogens is 1. The lowest BCUT2D eigenvalue weighted by molar-refractivity contribution is -0.128. The molecule has 0 saturated heterocycles. The average Bonchev–Trinajstić information content (AvgIpc) is 2.63. The van der Waals surface area contributed by atoms with Crippen LogP contribution in [0.1, 0.15) is 5.56 Å². The number of aromatic nitrogens is 1. The van der Waals surface area contributed by atoms with Crippen LogP contribution in [0.5, 0.6) is 0 Å². The topological polar surface area (TPSA) is 42.1 Å². The van der Waals surface area contributed by atoms with E-state index in [-0.39, 0.29) is 0 Å². The van der Waals surface area contributed by atoms with E-state index in [0.717, 1.165) is 11.9 Å². The molecule has 1 aromatic heterocycles. The zero-order chi connectivity index (χ0) is 9.80. The van der Waals surface area contributed by atoms with Gasteiger partial charge in [0.1, 0.15) is 0 Å². The molecule has 3 nitrogen and oxygen atoms in total. The van der Waals surface area contributed by atoms with Gasteiger partial charge in [0.05, 0.1) is 6.61 Å². The second-order valence-corrected chi connectivity index (χ2v) is 3.08. The zero-order valence-electron chi connectivity index (χ0n) is 7.69. The van der Waals surface area contributed by atoms with E-state index < -0.39 is 0 Å². The maximum absolute atomic E-state index is 9.97. The number of hydrogen-bond acceptors (Lipinski definition) is 2. The van der Waals surface area contributed by atoms with Crippen molar-refractivity contribution in [3.05, 3.63) is 36.0 Å². The number of rotatable bonds is 4. The summed E-state index contributed by atoms with van der Waals surface area (Å²) in [6.45, 7) is 0.917. The third-order valence-electron chi connectivity index (χ3n) is 2.23. The fraction of sp³-hybridized carbons (Fsp3) is 0.182. The zero-order valence-corrected chi connectivity index (χ0v) is 7.69. The van der Waals surface area contributed by atoms with Crippen LogP contribution in [-0.2, 0) is 16.0 Å². The number of aromatic amines is 1. The molecule has 0 bridgehead atoms. The van der Waals surface area contributed by atoms with Crippen molar-refractivity contribution in [1.82, 2.24) is 4.98 Å². The quantitative estimate of drug-likeness (QED) is 0.589. The fourth-order valence-corrected chi connectivity index (χ4v) is 1.56. The van der Waals surface area contributed by atoms with Crippen LogP contribution in [0.2, 0.25) is 0 Å². The van der Waals surface area contributed by atoms with Crippen molar-refractivity contribution in [3.63, 3.8) is 0 Å². The number of hydrogen-bond donors (Lipinski definition) is 1. The van der Waals surface area contributed by atoms with E-state index in [9.17, 15) is 4.79 Å². The van der Waals surface area contributed by atoms with Gasteiger partial charge >= 0.3 is 0 Å². The van der Waals surface area contributed by atoms with Crippen LogP contribution in [-0.4, -0.2) is 18.1 Å². The molecule has 2 aromatic rings. The summed E-state index contributed by atoms with van der Waals surface area (Å²) in [4.78, 5) is 13.1. The van der Waals surface area contributed by atoms with Crippen LogP contribution in [0, 0.1) is 0 Å². The second-order valence-electron chi connectivity index (χ2n) is 3.08. The Balaban J connectivity index is 2.20. The molecule has 2 rings (SSSR count). The van der Waals surface area contributed by atoms with Crippen LogP contribution in [0.4, 0.5) is 0 Å². The highest BCUT2D eigenvalue weighted by atomic mass is 16.5. The summed E-state index contributed by atoms with van der Waals surface area (Å²) in [5, 5.41) is 1.20. The molecular formula is C11H11NO2. The smallest absolute Gasteiger partial charge is 0.293 e. The van der Waals surface area contributed by atoms with Gasteiger partial charge < -0.3 is 9.72 Å². The Morgan fingerprint density at radius 3 is 3.07 bits per heavy atom. The SMILES string of the molecule is O=COCCc1c[nH]c2ccccc12. The first-order chi connectivity index (χ1) is 6.92. The van der Waals surface area contributed by atoms with Gasteiger partial charge in [0.25, 0.3) is 6.47 Å². The predicted molar refractivity (Wildman–Crippen MR) is 54.0 cm³/mol. The first-order valence-corrected chi connectivity index (χ1v) is 4.52. The summed E-state index contributed by atoms with van der Waals surface area (Å²) in [6.07, 6.45) is 2.71. The monoisotopic (exact) mass is 189 g/mol. The molecule has 0 unspecified atom stereocenters. The van der Waals surface area contributed by atoms with Crippen LogP contribution in [0.3, 0.4) is 0 Å². The molecule has 0 aliphatic heterocycles. The molecule has 1 N–H and O–H groups in total. The number of para-hydroxylation sites is 1. The normalized spacial score (nSPS) is 10.3. The third-order valence-corrected chi connectivity index (χ3v) is 2.23. The summed E-state index contributed by atoms with van der Waals surface area (Å²) >= 11 is 0. The lowest BCUT2D eigenvalue weighted by Crippen LogP contribution is -1.95. The van der Waals surface area contributed by atoms with Gasteiger partial charge in [-0.05, 0) is 11.6 Å². The number of benzene rings is 1. The van der Waals surface area contributed by atoms with Gasteiger partial charge in [-0.3, -0.25) is 4.79 Å². The standard InChI is InChI=1S/C11H11NO2/c13-8-14-6-5-9-7-12-11-4-2-1-3-10(9)11/h1-4,7-8,12H,5-6H2. The number of fused-ring (bicyclic) bond motifs is 1. The third kappa shape index (κ3) is 1.62. The Labute approximate surface area is 81.7 Å². The molecule has 0 amide bonds. The molecule has 0 fully saturated rings. The fourth-order valence-electron chi connectivity index (χ4n) is 1.56. The minimum atomic E-state index is 0.436. The van der Waals surface area contributed by atoms with Crippen molar-refractivity contribution < 1.29 is 9.53 Å². The van der Waals surface area contributed by atoms with E-state index in [4.69, 9.17) is 0 Å². The van der Waals surface area contributed by atoms with Gasteiger partial charge in [0.2, 0.25) is 0 Å². The van der Waals surface area contributed by atoms with E-state index >= 15 is 0 Å². The molecule has 1 aromatic carbocycles. The molecule has 0 radical (unpaired) electrons. The highest BCUT2D eigenvalue weighted by Crippen LogP contribution is 2.17. The molecule has 3 heteroatoms. The molecule has 72 valence electrons. The summed E-state index contributed by atoms with van der Waals surface area (Å²) in [5.41, 5.74) is 2.30. The Kier molecular flexibility index (Phi) is 2.49. The van der Waals surface area contributed by atoms with Crippen molar-refractivity contribution in [2.45, 2.75) is 6.42 Å². The Bertz CT molecular complexity index is 434. The van der Waals surface area contributed by atoms with Crippen molar-refractivity contribution in [1.29, 1.82) is 0 Å². The van der Waals surface area contributed by atoms with E-state index in [0.29, 0.717) is 13.1 Å². The van der Waals surface area contributed by atoms with E-state index in [2.05, 4.69) is 15.8 Å². The van der Waals surface area contributed by atoms with Gasteiger partial charge in [-0.15, -0.1) is 0 Å². The van der Waals surface area contributed by atoms with E-state index in [1.807, 2.05) is 24.4 Å². The molecule has 0 atom stereocenters. The largest absolute Gasteiger partial charge is 0.468 e. The number of carbonyl (C=O) groups is 1. The maximum atomic E-state index is 9.97. The Morgan fingerprint density at radius 1 is 1.36 bits per heavy atom. The van der Waals surface area contributed by atoms with Gasteiger partial charge in [0.15, 0.2) is 0 Å². The predicted octanol–water partition coefficient (Wildman–Crippen LogP) is 1.88. The van der Waals surface area contributed by atoms with Gasteiger partial charge in [-0.1, -0.05) is 18.2 Å². The van der Waals surface area contributed by atoms with Crippen molar-refractivity contribution >= 4 is 17.4 Å². The number of ether oxygens (including phenoxy) is 1. The lowest BCUT2D eigenvalue weighted by Gasteiger charge is -1.97. The molecule has 0 saturated carbocycles. The molecular weight excluding hydrogens is 178 g/mol. The van der Waals surface area contributed by atoms with Crippen LogP contribution >= 0.6 is 0 Å². The van der Waals surface area contributed by atoms with Gasteiger partial charge in [0, 0.05) is 23.5 Å². The molecule has 1 heterocycles. The summed E-state index contributed by atoms with van der Waals surface area (Å²) in [5.74, 6) is 0. The van der Waals surface area contributed by atoms with E-state index in [1.54, 1.807) is 0 Å². The highest BCUT2D eigenvalue weighted by molar-refractivity contribution is 5.83. The number of carbonyl (C=O) groups excluding carboxylic acids is 1. The maximum Gasteiger partial charge on any atom is 0.293 e. The molecule has 0 aliphatic rings. The summed E-state index contributed by atoms with van der Waals surface area (Å²) in [6, 6.07) is 8.08. The van der Waals surface area contributed by atoms with Crippen molar-refractivity contribution in [2.24, 2.45) is 0 Å². The van der Waals surface area contributed by atoms with Crippen LogP contribution in [0.25, 0.3) is 10.9 Å². The average molecular weight is 189 g/mol. The first-order valence-electron chi connectivity index (χ1n) is 4.52. The van der Waals surface area contributed by atoms with Crippen LogP contribution in [0.15, 0.2) is 30.5 Å². The highest BCUT2D eigenvalue weighted by Gasteiger charge is 2.01. The van der Waals surface area contributed by atoms with Crippen molar-refractivity contribution in [3.8, 4) is 0 Å². The number of nitrogens with one attached hydrogen (secondary N) is 1. The molecule has 0 spiro atoms.